The van der Waals surface area contributed by atoms with E-state index in [0.717, 1.165) is 4.90 Å². The third kappa shape index (κ3) is 5.70. The molecule has 0 aromatic heterocycles. The SMILES string of the molecule is COCCCN(C)S(=O)(=O)CCSc1ccccc1N. The van der Waals surface area contributed by atoms with Gasteiger partial charge in [-0.2, -0.15) is 0 Å². The Morgan fingerprint density at radius 2 is 2.05 bits per heavy atom. The van der Waals surface area contributed by atoms with Gasteiger partial charge in [-0.25, -0.2) is 12.7 Å². The van der Waals surface area contributed by atoms with E-state index in [1.54, 1.807) is 14.2 Å². The summed E-state index contributed by atoms with van der Waals surface area (Å²) < 4.78 is 30.4. The van der Waals surface area contributed by atoms with Crippen molar-refractivity contribution < 1.29 is 13.2 Å². The maximum atomic E-state index is 12.0. The Labute approximate surface area is 125 Å². The fraction of sp³-hybridized carbons (Fsp3) is 0.538. The molecule has 0 aliphatic rings. The molecule has 0 aliphatic carbocycles. The molecule has 2 N–H and O–H groups in total. The summed E-state index contributed by atoms with van der Waals surface area (Å²) in [7, 11) is 0.00265. The van der Waals surface area contributed by atoms with Gasteiger partial charge in [-0.15, -0.1) is 11.8 Å². The first kappa shape index (κ1) is 17.3. The highest BCUT2D eigenvalue weighted by atomic mass is 32.2. The van der Waals surface area contributed by atoms with E-state index in [-0.39, 0.29) is 5.75 Å². The summed E-state index contributed by atoms with van der Waals surface area (Å²) in [5.41, 5.74) is 6.50. The zero-order chi connectivity index (χ0) is 15.0. The Bertz CT molecular complexity index is 506. The van der Waals surface area contributed by atoms with Crippen LogP contribution in [0.4, 0.5) is 5.69 Å². The molecule has 1 aromatic rings. The van der Waals surface area contributed by atoms with E-state index in [4.69, 9.17) is 10.5 Å². The maximum Gasteiger partial charge on any atom is 0.214 e. The van der Waals surface area contributed by atoms with Gasteiger partial charge in [0.1, 0.15) is 0 Å². The van der Waals surface area contributed by atoms with Crippen LogP contribution in [0.1, 0.15) is 6.42 Å². The Balaban J connectivity index is 2.41. The van der Waals surface area contributed by atoms with E-state index in [1.807, 2.05) is 24.3 Å². The van der Waals surface area contributed by atoms with Crippen LogP contribution in [0.15, 0.2) is 29.2 Å². The standard InChI is InChI=1S/C13H22N2O3S2/c1-15(8-5-9-18-2)20(16,17)11-10-19-13-7-4-3-6-12(13)14/h3-4,6-7H,5,8-11,14H2,1-2H3. The van der Waals surface area contributed by atoms with Crippen molar-refractivity contribution in [1.29, 1.82) is 0 Å². The van der Waals surface area contributed by atoms with Crippen LogP contribution in [-0.2, 0) is 14.8 Å². The fourth-order valence-corrected chi connectivity index (χ4v) is 4.12. The molecular formula is C13H22N2O3S2. The number of benzene rings is 1. The third-order valence-corrected chi connectivity index (χ3v) is 6.02. The van der Waals surface area contributed by atoms with Gasteiger partial charge < -0.3 is 10.5 Å². The van der Waals surface area contributed by atoms with Gasteiger partial charge in [0.25, 0.3) is 0 Å². The second-order valence-electron chi connectivity index (χ2n) is 4.37. The molecule has 1 aromatic carbocycles. The first-order valence-corrected chi connectivity index (χ1v) is 8.97. The van der Waals surface area contributed by atoms with Crippen LogP contribution < -0.4 is 5.73 Å². The molecule has 114 valence electrons. The van der Waals surface area contributed by atoms with Crippen molar-refractivity contribution in [1.82, 2.24) is 4.31 Å². The molecule has 0 radical (unpaired) electrons. The van der Waals surface area contributed by atoms with E-state index in [2.05, 4.69) is 0 Å². The summed E-state index contributed by atoms with van der Waals surface area (Å²) in [5.74, 6) is 0.598. The number of nitrogens with zero attached hydrogens (tertiary/aromatic N) is 1. The molecule has 0 unspecified atom stereocenters. The minimum Gasteiger partial charge on any atom is -0.398 e. The van der Waals surface area contributed by atoms with Crippen molar-refractivity contribution in [2.75, 3.05) is 44.5 Å². The van der Waals surface area contributed by atoms with Gasteiger partial charge in [0.2, 0.25) is 10.0 Å². The van der Waals surface area contributed by atoms with Crippen LogP contribution in [0, 0.1) is 0 Å². The molecule has 20 heavy (non-hydrogen) atoms. The van der Waals surface area contributed by atoms with E-state index < -0.39 is 10.0 Å². The van der Waals surface area contributed by atoms with Crippen molar-refractivity contribution in [3.63, 3.8) is 0 Å². The van der Waals surface area contributed by atoms with Crippen molar-refractivity contribution in [2.45, 2.75) is 11.3 Å². The van der Waals surface area contributed by atoms with Crippen molar-refractivity contribution in [2.24, 2.45) is 0 Å². The number of para-hydroxylation sites is 1. The number of anilines is 1. The van der Waals surface area contributed by atoms with Crippen LogP contribution in [-0.4, -0.2) is 51.5 Å². The summed E-state index contributed by atoms with van der Waals surface area (Å²) in [6.07, 6.45) is 0.699. The predicted octanol–water partition coefficient (Wildman–Crippen LogP) is 1.66. The number of ether oxygens (including phenoxy) is 1. The Hall–Kier alpha value is -0.760. The zero-order valence-corrected chi connectivity index (χ0v) is 13.5. The number of hydrogen-bond donors (Lipinski definition) is 1. The lowest BCUT2D eigenvalue weighted by Gasteiger charge is -2.16. The molecule has 0 spiro atoms. The molecule has 0 bridgehead atoms. The van der Waals surface area contributed by atoms with E-state index in [0.29, 0.717) is 31.0 Å². The molecule has 0 fully saturated rings. The van der Waals surface area contributed by atoms with Crippen LogP contribution >= 0.6 is 11.8 Å². The summed E-state index contributed by atoms with van der Waals surface area (Å²) >= 11 is 1.46. The largest absolute Gasteiger partial charge is 0.398 e. The molecule has 0 saturated carbocycles. The maximum absolute atomic E-state index is 12.0. The topological polar surface area (TPSA) is 72.6 Å². The van der Waals surface area contributed by atoms with Gasteiger partial charge in [0, 0.05) is 43.6 Å². The minimum atomic E-state index is -3.21. The highest BCUT2D eigenvalue weighted by molar-refractivity contribution is 8.00. The Kier molecular flexibility index (Phi) is 7.36. The number of hydrogen-bond acceptors (Lipinski definition) is 5. The number of rotatable bonds is 9. The second kappa shape index (κ2) is 8.51. The van der Waals surface area contributed by atoms with Crippen molar-refractivity contribution in [3.05, 3.63) is 24.3 Å². The summed E-state index contributed by atoms with van der Waals surface area (Å²) in [5, 5.41) is 0. The molecule has 0 atom stereocenters. The van der Waals surface area contributed by atoms with E-state index >= 15 is 0 Å². The first-order chi connectivity index (χ1) is 9.47. The monoisotopic (exact) mass is 318 g/mol. The van der Waals surface area contributed by atoms with Gasteiger partial charge in [0.15, 0.2) is 0 Å². The van der Waals surface area contributed by atoms with E-state index in [9.17, 15) is 8.42 Å². The highest BCUT2D eigenvalue weighted by Crippen LogP contribution is 2.24. The summed E-state index contributed by atoms with van der Waals surface area (Å²) in [4.78, 5) is 0.921. The Morgan fingerprint density at radius 3 is 2.70 bits per heavy atom. The lowest BCUT2D eigenvalue weighted by Crippen LogP contribution is -2.31. The summed E-state index contributed by atoms with van der Waals surface area (Å²) in [6, 6.07) is 7.46. The quantitative estimate of drug-likeness (QED) is 0.426. The van der Waals surface area contributed by atoms with Crippen LogP contribution in [0.2, 0.25) is 0 Å². The average Bonchev–Trinajstić information content (AvgIpc) is 2.41. The number of thioether (sulfide) groups is 1. The second-order valence-corrected chi connectivity index (χ2v) is 7.70. The number of nitrogens with two attached hydrogens (primary N) is 1. The molecule has 0 heterocycles. The van der Waals surface area contributed by atoms with E-state index in [1.165, 1.54) is 16.1 Å². The summed E-state index contributed by atoms with van der Waals surface area (Å²) in [6.45, 7) is 1.05. The van der Waals surface area contributed by atoms with Gasteiger partial charge in [-0.1, -0.05) is 12.1 Å². The van der Waals surface area contributed by atoms with Crippen molar-refractivity contribution >= 4 is 27.5 Å². The molecule has 0 saturated heterocycles. The predicted molar refractivity (Wildman–Crippen MR) is 84.5 cm³/mol. The lowest BCUT2D eigenvalue weighted by molar-refractivity contribution is 0.189. The van der Waals surface area contributed by atoms with Gasteiger partial charge in [-0.05, 0) is 18.6 Å². The highest BCUT2D eigenvalue weighted by Gasteiger charge is 2.17. The number of methoxy groups -OCH3 is 1. The van der Waals surface area contributed by atoms with Gasteiger partial charge in [-0.3, -0.25) is 0 Å². The molecular weight excluding hydrogens is 296 g/mol. The smallest absolute Gasteiger partial charge is 0.214 e. The molecule has 7 heteroatoms. The zero-order valence-electron chi connectivity index (χ0n) is 11.9. The van der Waals surface area contributed by atoms with Crippen LogP contribution in [0.25, 0.3) is 0 Å². The lowest BCUT2D eigenvalue weighted by atomic mass is 10.3. The minimum absolute atomic E-state index is 0.107. The van der Waals surface area contributed by atoms with Gasteiger partial charge >= 0.3 is 0 Å². The number of nitrogen functional groups attached to an aromatic ring is 1. The van der Waals surface area contributed by atoms with Crippen LogP contribution in [0.5, 0.6) is 0 Å². The van der Waals surface area contributed by atoms with Crippen molar-refractivity contribution in [3.8, 4) is 0 Å². The first-order valence-electron chi connectivity index (χ1n) is 6.37. The Morgan fingerprint density at radius 1 is 1.35 bits per heavy atom. The average molecular weight is 318 g/mol. The molecule has 0 aliphatic heterocycles. The molecule has 5 nitrogen and oxygen atoms in total. The third-order valence-electron chi connectivity index (χ3n) is 2.81. The van der Waals surface area contributed by atoms with Gasteiger partial charge in [0.05, 0.1) is 5.75 Å². The molecule has 1 rings (SSSR count). The van der Waals surface area contributed by atoms with Crippen LogP contribution in [0.3, 0.4) is 0 Å². The molecule has 0 amide bonds. The number of sulfonamides is 1. The normalized spacial score (nSPS) is 11.9. The fourth-order valence-electron chi connectivity index (χ4n) is 1.60.